The van der Waals surface area contributed by atoms with Gasteiger partial charge in [-0.05, 0) is 37.0 Å². The quantitative estimate of drug-likeness (QED) is 0.724. The van der Waals surface area contributed by atoms with E-state index in [0.29, 0.717) is 6.61 Å². The summed E-state index contributed by atoms with van der Waals surface area (Å²) in [6.07, 6.45) is 5.91. The minimum Gasteiger partial charge on any atom is -0.449 e. The summed E-state index contributed by atoms with van der Waals surface area (Å²) in [7, 11) is 0. The molecule has 0 bridgehead atoms. The molecule has 0 N–H and O–H groups in total. The van der Waals surface area contributed by atoms with E-state index in [1.807, 2.05) is 17.0 Å². The van der Waals surface area contributed by atoms with Crippen molar-refractivity contribution in [1.82, 2.24) is 4.90 Å². The van der Waals surface area contributed by atoms with E-state index in [-0.39, 0.29) is 6.09 Å². The third-order valence-electron chi connectivity index (χ3n) is 3.63. The highest BCUT2D eigenvalue weighted by Crippen LogP contribution is 2.21. The van der Waals surface area contributed by atoms with Gasteiger partial charge in [0.2, 0.25) is 0 Å². The van der Waals surface area contributed by atoms with Gasteiger partial charge in [0, 0.05) is 17.6 Å². The molecule has 0 unspecified atom stereocenters. The average Bonchev–Trinajstić information content (AvgIpc) is 2.50. The summed E-state index contributed by atoms with van der Waals surface area (Å²) in [6.45, 7) is 4.14. The Hall–Kier alpha value is -1.29. The molecule has 2 rings (SSSR count). The molecule has 21 heavy (non-hydrogen) atoms. The van der Waals surface area contributed by atoms with Crippen molar-refractivity contribution in [3.05, 3.63) is 39.9 Å². The number of amides is 1. The molecule has 1 aliphatic rings. The van der Waals surface area contributed by atoms with Crippen LogP contribution in [0.25, 0.3) is 6.08 Å². The molecule has 4 heteroatoms. The molecule has 1 aromatic carbocycles. The van der Waals surface area contributed by atoms with Crippen molar-refractivity contribution in [2.75, 3.05) is 19.7 Å². The van der Waals surface area contributed by atoms with E-state index in [9.17, 15) is 4.79 Å². The molecule has 1 aromatic rings. The molecule has 114 valence electrons. The normalized spacial score (nSPS) is 15.0. The molecule has 0 atom stereocenters. The number of benzene rings is 1. The number of hydrogen-bond acceptors (Lipinski definition) is 2. The molecule has 1 aliphatic heterocycles. The van der Waals surface area contributed by atoms with Crippen LogP contribution in [0.15, 0.2) is 34.3 Å². The molecule has 1 heterocycles. The molecule has 1 saturated heterocycles. The average molecular weight is 352 g/mol. The number of likely N-dealkylation sites (tertiary alicyclic amines) is 1. The van der Waals surface area contributed by atoms with Gasteiger partial charge in [0.25, 0.3) is 0 Å². The van der Waals surface area contributed by atoms with Crippen LogP contribution in [0.4, 0.5) is 4.79 Å². The first-order valence-electron chi connectivity index (χ1n) is 7.55. The third kappa shape index (κ3) is 5.20. The van der Waals surface area contributed by atoms with Crippen LogP contribution in [-0.4, -0.2) is 30.7 Å². The smallest absolute Gasteiger partial charge is 0.409 e. The lowest BCUT2D eigenvalue weighted by Gasteiger charge is -2.27. The zero-order chi connectivity index (χ0) is 15.1. The van der Waals surface area contributed by atoms with Gasteiger partial charge in [-0.1, -0.05) is 53.1 Å². The molecule has 1 amide bonds. The van der Waals surface area contributed by atoms with Gasteiger partial charge in [-0.3, -0.25) is 0 Å². The molecule has 3 nitrogen and oxygen atoms in total. The lowest BCUT2D eigenvalue weighted by Crippen LogP contribution is -2.36. The zero-order valence-corrected chi connectivity index (χ0v) is 14.1. The predicted molar refractivity (Wildman–Crippen MR) is 89.2 cm³/mol. The number of carbonyl (C=O) groups excluding carboxylic acids is 1. The van der Waals surface area contributed by atoms with Crippen LogP contribution < -0.4 is 0 Å². The first-order valence-corrected chi connectivity index (χ1v) is 8.35. The molecule has 0 radical (unpaired) electrons. The van der Waals surface area contributed by atoms with Gasteiger partial charge in [0.05, 0.1) is 6.61 Å². The first-order chi connectivity index (χ1) is 10.2. The Balaban J connectivity index is 1.82. The highest BCUT2D eigenvalue weighted by atomic mass is 79.9. The summed E-state index contributed by atoms with van der Waals surface area (Å²) in [5.74, 6) is 0. The summed E-state index contributed by atoms with van der Waals surface area (Å²) in [6, 6.07) is 8.30. The Labute approximate surface area is 135 Å². The van der Waals surface area contributed by atoms with Crippen molar-refractivity contribution in [2.24, 2.45) is 0 Å². The largest absolute Gasteiger partial charge is 0.449 e. The number of unbranched alkanes of at least 4 members (excludes halogenated alkanes) is 1. The summed E-state index contributed by atoms with van der Waals surface area (Å²) in [5, 5.41) is 0. The van der Waals surface area contributed by atoms with Crippen LogP contribution in [0.5, 0.6) is 0 Å². The Morgan fingerprint density at radius 1 is 1.29 bits per heavy atom. The van der Waals surface area contributed by atoms with E-state index in [0.717, 1.165) is 43.2 Å². The molecule has 0 spiro atoms. The fourth-order valence-electron chi connectivity index (χ4n) is 2.31. The number of piperidine rings is 1. The van der Waals surface area contributed by atoms with Crippen LogP contribution in [0.1, 0.15) is 38.2 Å². The maximum absolute atomic E-state index is 11.9. The van der Waals surface area contributed by atoms with Gasteiger partial charge < -0.3 is 9.64 Å². The summed E-state index contributed by atoms with van der Waals surface area (Å²) in [4.78, 5) is 13.7. The van der Waals surface area contributed by atoms with Crippen molar-refractivity contribution in [1.29, 1.82) is 0 Å². The summed E-state index contributed by atoms with van der Waals surface area (Å²) < 4.78 is 6.34. The van der Waals surface area contributed by atoms with E-state index < -0.39 is 0 Å². The fraction of sp³-hybridized carbons (Fsp3) is 0.471. The number of halogens is 1. The molecule has 0 saturated carbocycles. The van der Waals surface area contributed by atoms with Gasteiger partial charge in [-0.25, -0.2) is 4.79 Å². The molecule has 0 aromatic heterocycles. The van der Waals surface area contributed by atoms with Crippen LogP contribution in [0.3, 0.4) is 0 Å². The molecule has 1 fully saturated rings. The Morgan fingerprint density at radius 2 is 1.95 bits per heavy atom. The highest BCUT2D eigenvalue weighted by molar-refractivity contribution is 9.10. The van der Waals surface area contributed by atoms with Crippen molar-refractivity contribution >= 4 is 28.1 Å². The third-order valence-corrected chi connectivity index (χ3v) is 4.16. The maximum Gasteiger partial charge on any atom is 0.409 e. The van der Waals surface area contributed by atoms with Crippen molar-refractivity contribution in [3.63, 3.8) is 0 Å². The maximum atomic E-state index is 11.9. The summed E-state index contributed by atoms with van der Waals surface area (Å²) in [5.41, 5.74) is 2.61. The van der Waals surface area contributed by atoms with Crippen LogP contribution >= 0.6 is 15.9 Å². The van der Waals surface area contributed by atoms with E-state index in [1.165, 1.54) is 11.1 Å². The van der Waals surface area contributed by atoms with Crippen LogP contribution in [0, 0.1) is 0 Å². The Morgan fingerprint density at radius 3 is 2.57 bits per heavy atom. The second-order valence-corrected chi connectivity index (χ2v) is 6.22. The van der Waals surface area contributed by atoms with Gasteiger partial charge >= 0.3 is 6.09 Å². The Bertz CT molecular complexity index is 486. The van der Waals surface area contributed by atoms with Crippen LogP contribution in [0.2, 0.25) is 0 Å². The van der Waals surface area contributed by atoms with Gasteiger partial charge in [-0.2, -0.15) is 0 Å². The fourth-order valence-corrected chi connectivity index (χ4v) is 2.57. The lowest BCUT2D eigenvalue weighted by atomic mass is 10.0. The van der Waals surface area contributed by atoms with Gasteiger partial charge in [0.15, 0.2) is 0 Å². The van der Waals surface area contributed by atoms with Crippen LogP contribution in [-0.2, 0) is 4.74 Å². The van der Waals surface area contributed by atoms with Crippen molar-refractivity contribution in [3.8, 4) is 0 Å². The lowest BCUT2D eigenvalue weighted by molar-refractivity contribution is 0.0984. The van der Waals surface area contributed by atoms with E-state index in [2.05, 4.69) is 41.1 Å². The molecule has 0 aliphatic carbocycles. The van der Waals surface area contributed by atoms with E-state index >= 15 is 0 Å². The molecular weight excluding hydrogens is 330 g/mol. The van der Waals surface area contributed by atoms with Gasteiger partial charge in [0.1, 0.15) is 0 Å². The Kier molecular flexibility index (Phi) is 6.30. The second kappa shape index (κ2) is 8.23. The van der Waals surface area contributed by atoms with Crippen molar-refractivity contribution < 1.29 is 9.53 Å². The minimum atomic E-state index is -0.161. The monoisotopic (exact) mass is 351 g/mol. The predicted octanol–water partition coefficient (Wildman–Crippen LogP) is 4.87. The first kappa shape index (κ1) is 16.1. The SMILES string of the molecule is CCCCOC(=O)N1CCC(=Cc2ccc(Br)cc2)CC1. The number of hydrogen-bond donors (Lipinski definition) is 0. The number of nitrogens with zero attached hydrogens (tertiary/aromatic N) is 1. The highest BCUT2D eigenvalue weighted by Gasteiger charge is 2.19. The minimum absolute atomic E-state index is 0.161. The van der Waals surface area contributed by atoms with Gasteiger partial charge in [-0.15, -0.1) is 0 Å². The van der Waals surface area contributed by atoms with E-state index in [4.69, 9.17) is 4.74 Å². The number of rotatable bonds is 4. The topological polar surface area (TPSA) is 29.5 Å². The standard InChI is InChI=1S/C17H22BrNO2/c1-2-3-12-21-17(20)19-10-8-15(9-11-19)13-14-4-6-16(18)7-5-14/h4-7,13H,2-3,8-12H2,1H3. The number of carbonyl (C=O) groups is 1. The molecular formula is C17H22BrNO2. The summed E-state index contributed by atoms with van der Waals surface area (Å²) >= 11 is 3.44. The zero-order valence-electron chi connectivity index (χ0n) is 12.5. The second-order valence-electron chi connectivity index (χ2n) is 5.31. The number of ether oxygens (including phenoxy) is 1. The van der Waals surface area contributed by atoms with E-state index in [1.54, 1.807) is 0 Å². The van der Waals surface area contributed by atoms with Crippen molar-refractivity contribution in [2.45, 2.75) is 32.6 Å².